The van der Waals surface area contributed by atoms with Gasteiger partial charge in [0.25, 0.3) is 15.9 Å². The number of alkyl halides is 3. The van der Waals surface area contributed by atoms with Gasteiger partial charge in [0.1, 0.15) is 4.90 Å². The molecule has 0 unspecified atom stereocenters. The van der Waals surface area contributed by atoms with Crippen molar-refractivity contribution in [3.8, 4) is 5.69 Å². The predicted octanol–water partition coefficient (Wildman–Crippen LogP) is 4.67. The van der Waals surface area contributed by atoms with Gasteiger partial charge in [-0.1, -0.05) is 40.0 Å². The molecule has 3 aromatic rings. The topological polar surface area (TPSA) is 93.9 Å². The molecule has 164 valence electrons. The molecule has 1 heterocycles. The predicted molar refractivity (Wildman–Crippen MR) is 107 cm³/mol. The summed E-state index contributed by atoms with van der Waals surface area (Å²) in [6, 6.07) is 6.17. The number of nitrogens with zero attached hydrogens (tertiary/aromatic N) is 3. The Labute approximate surface area is 188 Å². The van der Waals surface area contributed by atoms with E-state index in [1.807, 2.05) is 0 Å². The van der Waals surface area contributed by atoms with Crippen molar-refractivity contribution in [2.24, 2.45) is 0 Å². The number of hydrogen-bond donors (Lipinski definition) is 1. The summed E-state index contributed by atoms with van der Waals surface area (Å²) in [7, 11) is -4.76. The molecule has 1 aromatic heterocycles. The molecule has 1 N–H and O–H groups in total. The maximum absolute atomic E-state index is 12.9. The number of nitrogens with one attached hydrogen (secondary N) is 1. The second-order valence-electron chi connectivity index (χ2n) is 6.11. The van der Waals surface area contributed by atoms with Gasteiger partial charge in [0.15, 0.2) is 5.69 Å². The molecule has 3 rings (SSSR count). The maximum Gasteiger partial charge on any atom is 0.416 e. The van der Waals surface area contributed by atoms with E-state index >= 15 is 0 Å². The molecule has 31 heavy (non-hydrogen) atoms. The highest BCUT2D eigenvalue weighted by Crippen LogP contribution is 2.33. The number of carbonyl (C=O) groups excluding carboxylic acids is 1. The molecule has 0 spiro atoms. The lowest BCUT2D eigenvalue weighted by molar-refractivity contribution is -0.137. The Hall–Kier alpha value is -2.34. The monoisotopic (exact) mass is 512 g/mol. The summed E-state index contributed by atoms with van der Waals surface area (Å²) in [6.45, 7) is 1.42. The Balaban J connectivity index is 1.94. The lowest BCUT2D eigenvalue weighted by atomic mass is 10.2. The molecule has 2 aromatic carbocycles. The summed E-state index contributed by atoms with van der Waals surface area (Å²) >= 11 is 17.7. The van der Waals surface area contributed by atoms with Crippen LogP contribution in [0.1, 0.15) is 21.7 Å². The van der Waals surface area contributed by atoms with Crippen LogP contribution in [0.2, 0.25) is 15.1 Å². The summed E-state index contributed by atoms with van der Waals surface area (Å²) in [5.41, 5.74) is -1.20. The van der Waals surface area contributed by atoms with Crippen molar-refractivity contribution >= 4 is 50.7 Å². The van der Waals surface area contributed by atoms with Gasteiger partial charge < -0.3 is 0 Å². The standard InChI is InChI=1S/C17H10Cl3F3N4O3S/c1-8-15(24-26-27(8)13-5-3-10(18)7-12(13)20)16(28)25-31(29,30)14-6-9(17(21,22)23)2-4-11(14)19/h2-7H,1H3,(H,25,28). The van der Waals surface area contributed by atoms with Crippen LogP contribution in [0.25, 0.3) is 5.69 Å². The molecular weight excluding hydrogens is 504 g/mol. The molecule has 0 saturated heterocycles. The zero-order chi connectivity index (χ0) is 23.1. The minimum absolute atomic E-state index is 0.118. The number of benzene rings is 2. The Morgan fingerprint density at radius 3 is 2.35 bits per heavy atom. The first-order valence-electron chi connectivity index (χ1n) is 8.13. The molecule has 0 bridgehead atoms. The van der Waals surface area contributed by atoms with E-state index in [-0.39, 0.29) is 10.7 Å². The van der Waals surface area contributed by atoms with Crippen molar-refractivity contribution in [1.29, 1.82) is 0 Å². The first kappa shape index (κ1) is 23.3. The summed E-state index contributed by atoms with van der Waals surface area (Å²) in [5, 5.41) is 7.46. The van der Waals surface area contributed by atoms with Gasteiger partial charge in [0.05, 0.1) is 27.0 Å². The van der Waals surface area contributed by atoms with Gasteiger partial charge in [0, 0.05) is 5.02 Å². The quantitative estimate of drug-likeness (QED) is 0.547. The Morgan fingerprint density at radius 2 is 1.74 bits per heavy atom. The van der Waals surface area contributed by atoms with Crippen LogP contribution in [0.15, 0.2) is 41.3 Å². The average Bonchev–Trinajstić information content (AvgIpc) is 3.02. The lowest BCUT2D eigenvalue weighted by Crippen LogP contribution is -2.31. The van der Waals surface area contributed by atoms with Gasteiger partial charge in [-0.25, -0.2) is 17.8 Å². The van der Waals surface area contributed by atoms with E-state index in [1.54, 1.807) is 4.72 Å². The summed E-state index contributed by atoms with van der Waals surface area (Å²) in [4.78, 5) is 11.6. The highest BCUT2D eigenvalue weighted by molar-refractivity contribution is 7.90. The van der Waals surface area contributed by atoms with E-state index in [9.17, 15) is 26.4 Å². The number of aromatic nitrogens is 3. The number of carbonyl (C=O) groups is 1. The van der Waals surface area contributed by atoms with E-state index in [0.717, 1.165) is 6.07 Å². The molecule has 0 aliphatic rings. The van der Waals surface area contributed by atoms with Crippen molar-refractivity contribution in [2.75, 3.05) is 0 Å². The summed E-state index contributed by atoms with van der Waals surface area (Å²) in [5.74, 6) is -1.22. The van der Waals surface area contributed by atoms with Gasteiger partial charge in [-0.3, -0.25) is 4.79 Å². The van der Waals surface area contributed by atoms with E-state index in [2.05, 4.69) is 10.3 Å². The van der Waals surface area contributed by atoms with Crippen molar-refractivity contribution in [2.45, 2.75) is 18.0 Å². The molecule has 0 saturated carbocycles. The Morgan fingerprint density at radius 1 is 1.06 bits per heavy atom. The van der Waals surface area contributed by atoms with Gasteiger partial charge >= 0.3 is 6.18 Å². The second-order valence-corrected chi connectivity index (χ2v) is 9.01. The molecule has 7 nitrogen and oxygen atoms in total. The van der Waals surface area contributed by atoms with Crippen molar-refractivity contribution in [1.82, 2.24) is 19.7 Å². The number of rotatable bonds is 4. The van der Waals surface area contributed by atoms with Crippen molar-refractivity contribution in [3.63, 3.8) is 0 Å². The normalized spacial score (nSPS) is 12.1. The van der Waals surface area contributed by atoms with Gasteiger partial charge in [-0.15, -0.1) is 5.10 Å². The third-order valence-electron chi connectivity index (χ3n) is 4.02. The number of hydrogen-bond acceptors (Lipinski definition) is 5. The molecule has 0 aliphatic carbocycles. The smallest absolute Gasteiger partial charge is 0.266 e. The highest BCUT2D eigenvalue weighted by atomic mass is 35.5. The third kappa shape index (κ3) is 4.79. The molecule has 1 amide bonds. The first-order valence-corrected chi connectivity index (χ1v) is 10.7. The van der Waals surface area contributed by atoms with E-state index < -0.39 is 43.3 Å². The van der Waals surface area contributed by atoms with Gasteiger partial charge in [-0.2, -0.15) is 13.2 Å². The fourth-order valence-electron chi connectivity index (χ4n) is 2.53. The van der Waals surface area contributed by atoms with Gasteiger partial charge in [-0.05, 0) is 43.3 Å². The number of sulfonamides is 1. The van der Waals surface area contributed by atoms with Crippen LogP contribution < -0.4 is 4.72 Å². The fourth-order valence-corrected chi connectivity index (χ4v) is 4.50. The van der Waals surface area contributed by atoms with Crippen LogP contribution in [-0.4, -0.2) is 29.3 Å². The third-order valence-corrected chi connectivity index (χ3v) is 6.37. The average molecular weight is 514 g/mol. The number of amides is 1. The minimum atomic E-state index is -4.81. The molecule has 0 aliphatic heterocycles. The van der Waals surface area contributed by atoms with Crippen molar-refractivity contribution < 1.29 is 26.4 Å². The molecule has 14 heteroatoms. The van der Waals surface area contributed by atoms with Crippen LogP contribution in [-0.2, 0) is 16.2 Å². The van der Waals surface area contributed by atoms with Crippen LogP contribution in [0.5, 0.6) is 0 Å². The SMILES string of the molecule is Cc1c(C(=O)NS(=O)(=O)c2cc(C(F)(F)F)ccc2Cl)nnn1-c1ccc(Cl)cc1Cl. The van der Waals surface area contributed by atoms with Crippen LogP contribution in [0, 0.1) is 6.92 Å². The van der Waals surface area contributed by atoms with Crippen LogP contribution in [0.3, 0.4) is 0 Å². The number of halogens is 6. The van der Waals surface area contributed by atoms with Gasteiger partial charge in [0.2, 0.25) is 0 Å². The molecule has 0 radical (unpaired) electrons. The van der Waals surface area contributed by atoms with E-state index in [1.165, 1.54) is 29.8 Å². The zero-order valence-electron chi connectivity index (χ0n) is 15.2. The van der Waals surface area contributed by atoms with E-state index in [0.29, 0.717) is 22.8 Å². The molecular formula is C17H10Cl3F3N4O3S. The first-order chi connectivity index (χ1) is 14.3. The summed E-state index contributed by atoms with van der Waals surface area (Å²) in [6.07, 6.45) is -4.81. The Bertz CT molecular complexity index is 1290. The maximum atomic E-state index is 12.9. The fraction of sp³-hybridized carbons (Fsp3) is 0.118. The molecule has 0 fully saturated rings. The van der Waals surface area contributed by atoms with Crippen LogP contribution in [0.4, 0.5) is 13.2 Å². The zero-order valence-corrected chi connectivity index (χ0v) is 18.3. The van der Waals surface area contributed by atoms with Crippen molar-refractivity contribution in [3.05, 3.63) is 68.4 Å². The molecule has 0 atom stereocenters. The highest BCUT2D eigenvalue weighted by Gasteiger charge is 2.33. The minimum Gasteiger partial charge on any atom is -0.266 e. The Kier molecular flexibility index (Phi) is 6.25. The lowest BCUT2D eigenvalue weighted by Gasteiger charge is -2.11. The second kappa shape index (κ2) is 8.30. The van der Waals surface area contributed by atoms with E-state index in [4.69, 9.17) is 34.8 Å². The largest absolute Gasteiger partial charge is 0.416 e. The summed E-state index contributed by atoms with van der Waals surface area (Å²) < 4.78 is 66.6. The van der Waals surface area contributed by atoms with Crippen LogP contribution >= 0.6 is 34.8 Å².